The van der Waals surface area contributed by atoms with Gasteiger partial charge in [-0.25, -0.2) is 4.39 Å². The number of benzene rings is 2. The van der Waals surface area contributed by atoms with Crippen LogP contribution in [-0.4, -0.2) is 32.3 Å². The van der Waals surface area contributed by atoms with Crippen LogP contribution in [0.15, 0.2) is 41.4 Å². The molecular formula is C18H22FN3O3. The Balaban J connectivity index is 2.04. The van der Waals surface area contributed by atoms with Gasteiger partial charge in [-0.05, 0) is 29.8 Å². The quantitative estimate of drug-likeness (QED) is 0.553. The van der Waals surface area contributed by atoms with Gasteiger partial charge in [0.1, 0.15) is 5.82 Å². The number of halogens is 1. The SMILES string of the molecule is CN=C(NCc1ccc(F)c(CO)c1)Nc1ccc(OC)c(OC)c1. The van der Waals surface area contributed by atoms with Gasteiger partial charge in [-0.15, -0.1) is 0 Å². The maximum Gasteiger partial charge on any atom is 0.195 e. The smallest absolute Gasteiger partial charge is 0.195 e. The molecule has 25 heavy (non-hydrogen) atoms. The first-order chi connectivity index (χ1) is 12.1. The van der Waals surface area contributed by atoms with Crippen molar-refractivity contribution in [2.75, 3.05) is 26.6 Å². The monoisotopic (exact) mass is 347 g/mol. The predicted octanol–water partition coefficient (Wildman–Crippen LogP) is 2.52. The summed E-state index contributed by atoms with van der Waals surface area (Å²) in [4.78, 5) is 4.16. The van der Waals surface area contributed by atoms with E-state index in [1.54, 1.807) is 45.5 Å². The number of anilines is 1. The number of aliphatic hydroxyl groups excluding tert-OH is 1. The molecule has 0 bridgehead atoms. The molecule has 0 aliphatic carbocycles. The van der Waals surface area contributed by atoms with Crippen LogP contribution in [0.25, 0.3) is 0 Å². The summed E-state index contributed by atoms with van der Waals surface area (Å²) in [5.41, 5.74) is 1.88. The molecule has 0 heterocycles. The van der Waals surface area contributed by atoms with Gasteiger partial charge < -0.3 is 25.2 Å². The number of nitrogens with one attached hydrogen (secondary N) is 2. The van der Waals surface area contributed by atoms with Crippen molar-refractivity contribution in [2.24, 2.45) is 4.99 Å². The van der Waals surface area contributed by atoms with Gasteiger partial charge in [-0.2, -0.15) is 0 Å². The summed E-state index contributed by atoms with van der Waals surface area (Å²) in [5, 5.41) is 15.4. The average Bonchev–Trinajstić information content (AvgIpc) is 2.65. The largest absolute Gasteiger partial charge is 0.493 e. The molecule has 0 fully saturated rings. The van der Waals surface area contributed by atoms with Crippen molar-refractivity contribution in [2.45, 2.75) is 13.2 Å². The van der Waals surface area contributed by atoms with E-state index in [0.29, 0.717) is 24.0 Å². The number of rotatable bonds is 6. The lowest BCUT2D eigenvalue weighted by molar-refractivity contribution is 0.275. The molecule has 0 aliphatic heterocycles. The maximum atomic E-state index is 13.4. The molecule has 2 aromatic carbocycles. The van der Waals surface area contributed by atoms with Crippen molar-refractivity contribution in [1.29, 1.82) is 0 Å². The van der Waals surface area contributed by atoms with Crippen molar-refractivity contribution in [3.8, 4) is 11.5 Å². The zero-order valence-electron chi connectivity index (χ0n) is 14.5. The molecular weight excluding hydrogens is 325 g/mol. The van der Waals surface area contributed by atoms with Crippen molar-refractivity contribution >= 4 is 11.6 Å². The number of guanidine groups is 1. The second-order valence-electron chi connectivity index (χ2n) is 5.20. The summed E-state index contributed by atoms with van der Waals surface area (Å²) in [6, 6.07) is 10.1. The Labute approximate surface area is 146 Å². The topological polar surface area (TPSA) is 75.1 Å². The van der Waals surface area contributed by atoms with E-state index in [9.17, 15) is 4.39 Å². The molecule has 134 valence electrons. The first-order valence-corrected chi connectivity index (χ1v) is 7.69. The van der Waals surface area contributed by atoms with Crippen LogP contribution in [-0.2, 0) is 13.2 Å². The summed E-state index contributed by atoms with van der Waals surface area (Å²) in [6.07, 6.45) is 0. The van der Waals surface area contributed by atoms with Crippen LogP contribution in [0.4, 0.5) is 10.1 Å². The Morgan fingerprint density at radius 3 is 2.52 bits per heavy atom. The molecule has 0 radical (unpaired) electrons. The highest BCUT2D eigenvalue weighted by molar-refractivity contribution is 5.93. The minimum absolute atomic E-state index is 0.266. The van der Waals surface area contributed by atoms with Gasteiger partial charge in [0.05, 0.1) is 20.8 Å². The van der Waals surface area contributed by atoms with Gasteiger partial charge in [0.15, 0.2) is 17.5 Å². The van der Waals surface area contributed by atoms with E-state index < -0.39 is 5.82 Å². The van der Waals surface area contributed by atoms with E-state index in [0.717, 1.165) is 11.3 Å². The summed E-state index contributed by atoms with van der Waals surface area (Å²) in [7, 11) is 4.80. The van der Waals surface area contributed by atoms with E-state index in [2.05, 4.69) is 15.6 Å². The highest BCUT2D eigenvalue weighted by atomic mass is 19.1. The second kappa shape index (κ2) is 8.89. The van der Waals surface area contributed by atoms with Crippen molar-refractivity contribution in [1.82, 2.24) is 5.32 Å². The van der Waals surface area contributed by atoms with Gasteiger partial charge in [0.25, 0.3) is 0 Å². The Morgan fingerprint density at radius 1 is 1.12 bits per heavy atom. The van der Waals surface area contributed by atoms with Crippen LogP contribution < -0.4 is 20.1 Å². The van der Waals surface area contributed by atoms with E-state index in [-0.39, 0.29) is 12.2 Å². The lowest BCUT2D eigenvalue weighted by Crippen LogP contribution is -2.30. The molecule has 0 aliphatic rings. The Hall–Kier alpha value is -2.80. The number of methoxy groups -OCH3 is 2. The summed E-state index contributed by atoms with van der Waals surface area (Å²) >= 11 is 0. The van der Waals surface area contributed by atoms with Crippen molar-refractivity contribution in [3.63, 3.8) is 0 Å². The van der Waals surface area contributed by atoms with E-state index in [1.165, 1.54) is 6.07 Å². The normalized spacial score (nSPS) is 11.2. The molecule has 0 aromatic heterocycles. The van der Waals surface area contributed by atoms with Gasteiger partial charge >= 0.3 is 0 Å². The van der Waals surface area contributed by atoms with Crippen LogP contribution in [0, 0.1) is 5.82 Å². The molecule has 0 saturated carbocycles. The molecule has 0 amide bonds. The fourth-order valence-corrected chi connectivity index (χ4v) is 2.27. The van der Waals surface area contributed by atoms with Crippen LogP contribution in [0.1, 0.15) is 11.1 Å². The fourth-order valence-electron chi connectivity index (χ4n) is 2.27. The van der Waals surface area contributed by atoms with Crippen LogP contribution in [0.3, 0.4) is 0 Å². The first kappa shape index (κ1) is 18.5. The molecule has 0 saturated heterocycles. The molecule has 0 spiro atoms. The molecule has 2 rings (SSSR count). The number of nitrogens with zero attached hydrogens (tertiary/aromatic N) is 1. The van der Waals surface area contributed by atoms with Gasteiger partial charge in [0, 0.05) is 30.9 Å². The molecule has 0 unspecified atom stereocenters. The lowest BCUT2D eigenvalue weighted by Gasteiger charge is -2.14. The Morgan fingerprint density at radius 2 is 1.88 bits per heavy atom. The third kappa shape index (κ3) is 4.84. The van der Waals surface area contributed by atoms with Crippen LogP contribution >= 0.6 is 0 Å². The molecule has 0 atom stereocenters. The first-order valence-electron chi connectivity index (χ1n) is 7.69. The molecule has 2 aromatic rings. The third-order valence-electron chi connectivity index (χ3n) is 3.61. The summed E-state index contributed by atoms with van der Waals surface area (Å²) in [6.45, 7) is 0.0958. The van der Waals surface area contributed by atoms with E-state index in [4.69, 9.17) is 14.6 Å². The predicted molar refractivity (Wildman–Crippen MR) is 95.7 cm³/mol. The number of hydrogen-bond donors (Lipinski definition) is 3. The second-order valence-corrected chi connectivity index (χ2v) is 5.20. The minimum atomic E-state index is -0.418. The molecule has 7 heteroatoms. The number of aliphatic hydroxyl groups is 1. The Bertz CT molecular complexity index is 750. The maximum absolute atomic E-state index is 13.4. The fraction of sp³-hybridized carbons (Fsp3) is 0.278. The zero-order chi connectivity index (χ0) is 18.2. The zero-order valence-corrected chi connectivity index (χ0v) is 14.5. The minimum Gasteiger partial charge on any atom is -0.493 e. The summed E-state index contributed by atoms with van der Waals surface area (Å²) in [5.74, 6) is 1.37. The molecule has 3 N–H and O–H groups in total. The average molecular weight is 347 g/mol. The number of ether oxygens (including phenoxy) is 2. The highest BCUT2D eigenvalue weighted by Gasteiger charge is 2.07. The van der Waals surface area contributed by atoms with Gasteiger partial charge in [-0.3, -0.25) is 4.99 Å². The van der Waals surface area contributed by atoms with Gasteiger partial charge in [-0.1, -0.05) is 6.07 Å². The van der Waals surface area contributed by atoms with E-state index in [1.807, 2.05) is 6.07 Å². The van der Waals surface area contributed by atoms with Crippen LogP contribution in [0.5, 0.6) is 11.5 Å². The van der Waals surface area contributed by atoms with E-state index >= 15 is 0 Å². The number of aliphatic imine (C=N–C) groups is 1. The number of hydrogen-bond acceptors (Lipinski definition) is 4. The highest BCUT2D eigenvalue weighted by Crippen LogP contribution is 2.29. The summed E-state index contributed by atoms with van der Waals surface area (Å²) < 4.78 is 23.9. The van der Waals surface area contributed by atoms with Crippen molar-refractivity contribution in [3.05, 3.63) is 53.3 Å². The Kier molecular flexibility index (Phi) is 6.59. The third-order valence-corrected chi connectivity index (χ3v) is 3.61. The lowest BCUT2D eigenvalue weighted by atomic mass is 10.1. The van der Waals surface area contributed by atoms with Gasteiger partial charge in [0.2, 0.25) is 0 Å². The van der Waals surface area contributed by atoms with Crippen molar-refractivity contribution < 1.29 is 19.0 Å². The van der Waals surface area contributed by atoms with Crippen LogP contribution in [0.2, 0.25) is 0 Å². The molecule has 6 nitrogen and oxygen atoms in total. The standard InChI is InChI=1S/C18H22FN3O3/c1-20-18(21-10-12-4-6-15(19)13(8-12)11-23)22-14-5-7-16(24-2)17(9-14)25-3/h4-9,23H,10-11H2,1-3H3,(H2,20,21,22).